The van der Waals surface area contributed by atoms with Gasteiger partial charge in [0, 0.05) is 18.2 Å². The zero-order valence-corrected chi connectivity index (χ0v) is 8.69. The van der Waals surface area contributed by atoms with Crippen molar-refractivity contribution in [3.63, 3.8) is 0 Å². The van der Waals surface area contributed by atoms with E-state index in [0.29, 0.717) is 6.04 Å². The van der Waals surface area contributed by atoms with Crippen LogP contribution in [0.4, 0.5) is 5.69 Å². The van der Waals surface area contributed by atoms with Crippen molar-refractivity contribution in [2.75, 3.05) is 6.54 Å². The minimum Gasteiger partial charge on any atom is -0.310 e. The normalized spacial score (nSPS) is 20.5. The number of nitrogens with zero attached hydrogens (tertiary/aromatic N) is 1. The van der Waals surface area contributed by atoms with Gasteiger partial charge in [-0.1, -0.05) is 6.07 Å². The number of nitrogens with one attached hydrogen (secondary N) is 1. The molecule has 0 radical (unpaired) electrons. The highest BCUT2D eigenvalue weighted by Gasteiger charge is 2.19. The molecule has 1 saturated heterocycles. The fourth-order valence-electron chi connectivity index (χ4n) is 2.11. The van der Waals surface area contributed by atoms with Gasteiger partial charge in [-0.25, -0.2) is 0 Å². The lowest BCUT2D eigenvalue weighted by molar-refractivity contribution is -0.384. The van der Waals surface area contributed by atoms with E-state index in [0.717, 1.165) is 18.5 Å². The smallest absolute Gasteiger partial charge is 0.269 e. The number of non-ortho nitro benzene ring substituents is 1. The second-order valence-electron chi connectivity index (χ2n) is 3.95. The number of nitro benzene ring substituents is 1. The van der Waals surface area contributed by atoms with Crippen LogP contribution in [0.15, 0.2) is 18.2 Å². The van der Waals surface area contributed by atoms with E-state index in [2.05, 4.69) is 5.32 Å². The molecule has 1 aromatic rings. The summed E-state index contributed by atoms with van der Waals surface area (Å²) in [7, 11) is 0. The number of nitro groups is 1. The number of hydrogen-bond acceptors (Lipinski definition) is 3. The van der Waals surface area contributed by atoms with Crippen molar-refractivity contribution in [3.8, 4) is 0 Å². The Morgan fingerprint density at radius 2 is 2.33 bits per heavy atom. The van der Waals surface area contributed by atoms with Gasteiger partial charge in [-0.15, -0.1) is 0 Å². The molecule has 0 bridgehead atoms. The molecular formula is C11H14N2O2. The summed E-state index contributed by atoms with van der Waals surface area (Å²) >= 11 is 0. The molecule has 0 aromatic heterocycles. The average molecular weight is 206 g/mol. The summed E-state index contributed by atoms with van der Waals surface area (Å²) < 4.78 is 0. The van der Waals surface area contributed by atoms with Crippen molar-refractivity contribution < 1.29 is 4.92 Å². The standard InChI is InChI=1S/C11H14N2O2/c1-8-7-9(13(14)15)4-5-10(8)11-3-2-6-12-11/h4-5,7,11-12H,2-3,6H2,1H3/t11-/m1/s1. The Morgan fingerprint density at radius 1 is 1.53 bits per heavy atom. The minimum atomic E-state index is -0.348. The summed E-state index contributed by atoms with van der Waals surface area (Å²) in [5.74, 6) is 0. The van der Waals surface area contributed by atoms with Gasteiger partial charge in [-0.3, -0.25) is 10.1 Å². The second kappa shape index (κ2) is 3.98. The maximum Gasteiger partial charge on any atom is 0.269 e. The molecule has 4 nitrogen and oxygen atoms in total. The van der Waals surface area contributed by atoms with Gasteiger partial charge in [0.2, 0.25) is 0 Å². The SMILES string of the molecule is Cc1cc([N+](=O)[O-])ccc1[C@H]1CCCN1. The van der Waals surface area contributed by atoms with Crippen molar-refractivity contribution in [1.82, 2.24) is 5.32 Å². The van der Waals surface area contributed by atoms with Crippen LogP contribution in [0.25, 0.3) is 0 Å². The summed E-state index contributed by atoms with van der Waals surface area (Å²) in [6, 6.07) is 5.49. The van der Waals surface area contributed by atoms with Gasteiger partial charge in [-0.2, -0.15) is 0 Å². The Kier molecular flexibility index (Phi) is 2.68. The van der Waals surface area contributed by atoms with E-state index in [4.69, 9.17) is 0 Å². The quantitative estimate of drug-likeness (QED) is 0.596. The Labute approximate surface area is 88.5 Å². The zero-order valence-electron chi connectivity index (χ0n) is 8.69. The molecule has 1 aromatic carbocycles. The van der Waals surface area contributed by atoms with Gasteiger partial charge in [-0.05, 0) is 37.4 Å². The Morgan fingerprint density at radius 3 is 2.87 bits per heavy atom. The fourth-order valence-corrected chi connectivity index (χ4v) is 2.11. The van der Waals surface area contributed by atoms with Crippen LogP contribution in [-0.4, -0.2) is 11.5 Å². The molecule has 4 heteroatoms. The van der Waals surface area contributed by atoms with E-state index >= 15 is 0 Å². The third kappa shape index (κ3) is 1.99. The molecule has 1 fully saturated rings. The molecule has 1 N–H and O–H groups in total. The largest absolute Gasteiger partial charge is 0.310 e. The van der Waals surface area contributed by atoms with Crippen molar-refractivity contribution >= 4 is 5.69 Å². The lowest BCUT2D eigenvalue weighted by Crippen LogP contribution is -2.13. The molecule has 2 rings (SSSR count). The zero-order chi connectivity index (χ0) is 10.8. The second-order valence-corrected chi connectivity index (χ2v) is 3.95. The highest BCUT2D eigenvalue weighted by molar-refractivity contribution is 5.40. The van der Waals surface area contributed by atoms with E-state index in [1.807, 2.05) is 13.0 Å². The van der Waals surface area contributed by atoms with E-state index in [1.165, 1.54) is 12.0 Å². The van der Waals surface area contributed by atoms with Crippen LogP contribution in [-0.2, 0) is 0 Å². The van der Waals surface area contributed by atoms with E-state index in [1.54, 1.807) is 12.1 Å². The lowest BCUT2D eigenvalue weighted by atomic mass is 9.99. The third-order valence-corrected chi connectivity index (χ3v) is 2.90. The first kappa shape index (κ1) is 10.1. The number of aryl methyl sites for hydroxylation is 1. The topological polar surface area (TPSA) is 55.2 Å². The molecule has 0 amide bonds. The summed E-state index contributed by atoms with van der Waals surface area (Å²) in [5, 5.41) is 14.0. The minimum absolute atomic E-state index is 0.175. The molecule has 1 aliphatic rings. The molecule has 0 spiro atoms. The maximum absolute atomic E-state index is 10.6. The van der Waals surface area contributed by atoms with Gasteiger partial charge in [0.1, 0.15) is 0 Å². The van der Waals surface area contributed by atoms with Crippen LogP contribution in [0.5, 0.6) is 0 Å². The third-order valence-electron chi connectivity index (χ3n) is 2.90. The van der Waals surface area contributed by atoms with Crippen LogP contribution in [0.3, 0.4) is 0 Å². The summed E-state index contributed by atoms with van der Waals surface area (Å²) in [6.07, 6.45) is 2.31. The number of benzene rings is 1. The molecule has 1 atom stereocenters. The molecule has 1 aliphatic heterocycles. The summed E-state index contributed by atoms with van der Waals surface area (Å²) in [6.45, 7) is 2.98. The van der Waals surface area contributed by atoms with Crippen molar-refractivity contribution in [3.05, 3.63) is 39.4 Å². The van der Waals surface area contributed by atoms with Gasteiger partial charge in [0.25, 0.3) is 5.69 Å². The predicted molar refractivity (Wildman–Crippen MR) is 57.8 cm³/mol. The monoisotopic (exact) mass is 206 g/mol. The van der Waals surface area contributed by atoms with Gasteiger partial charge < -0.3 is 5.32 Å². The van der Waals surface area contributed by atoms with Crippen LogP contribution in [0.2, 0.25) is 0 Å². The summed E-state index contributed by atoms with van der Waals surface area (Å²) in [5.41, 5.74) is 2.37. The van der Waals surface area contributed by atoms with Crippen LogP contribution in [0, 0.1) is 17.0 Å². The average Bonchev–Trinajstić information content (AvgIpc) is 2.70. The molecule has 1 heterocycles. The van der Waals surface area contributed by atoms with Crippen LogP contribution < -0.4 is 5.32 Å². The Bertz CT molecular complexity index is 384. The van der Waals surface area contributed by atoms with Crippen LogP contribution >= 0.6 is 0 Å². The van der Waals surface area contributed by atoms with Gasteiger partial charge >= 0.3 is 0 Å². The van der Waals surface area contributed by atoms with Crippen molar-refractivity contribution in [2.45, 2.75) is 25.8 Å². The summed E-state index contributed by atoms with van der Waals surface area (Å²) in [4.78, 5) is 10.2. The van der Waals surface area contributed by atoms with Gasteiger partial charge in [0.05, 0.1) is 4.92 Å². The molecule has 0 unspecified atom stereocenters. The number of hydrogen-bond donors (Lipinski definition) is 1. The van der Waals surface area contributed by atoms with Crippen molar-refractivity contribution in [1.29, 1.82) is 0 Å². The Balaban J connectivity index is 2.29. The van der Waals surface area contributed by atoms with E-state index < -0.39 is 0 Å². The first-order valence-electron chi connectivity index (χ1n) is 5.17. The van der Waals surface area contributed by atoms with E-state index in [9.17, 15) is 10.1 Å². The molecular weight excluding hydrogens is 192 g/mol. The maximum atomic E-state index is 10.6. The van der Waals surface area contributed by atoms with Crippen molar-refractivity contribution in [2.24, 2.45) is 0 Å². The van der Waals surface area contributed by atoms with Crippen LogP contribution in [0.1, 0.15) is 30.0 Å². The Hall–Kier alpha value is -1.42. The predicted octanol–water partition coefficient (Wildman–Crippen LogP) is 2.33. The first-order chi connectivity index (χ1) is 7.18. The molecule has 0 aliphatic carbocycles. The van der Waals surface area contributed by atoms with Gasteiger partial charge in [0.15, 0.2) is 0 Å². The lowest BCUT2D eigenvalue weighted by Gasteiger charge is -2.13. The molecule has 0 saturated carbocycles. The first-order valence-corrected chi connectivity index (χ1v) is 5.17. The fraction of sp³-hybridized carbons (Fsp3) is 0.455. The van der Waals surface area contributed by atoms with E-state index in [-0.39, 0.29) is 10.6 Å². The molecule has 80 valence electrons. The highest BCUT2D eigenvalue weighted by atomic mass is 16.6. The number of rotatable bonds is 2. The molecule has 15 heavy (non-hydrogen) atoms. The highest BCUT2D eigenvalue weighted by Crippen LogP contribution is 2.27.